The lowest BCUT2D eigenvalue weighted by Gasteiger charge is -2.28. The van der Waals surface area contributed by atoms with E-state index in [4.69, 9.17) is 0 Å². The number of benzene rings is 3. The summed E-state index contributed by atoms with van der Waals surface area (Å²) in [5, 5.41) is 0.275. The molecule has 0 bridgehead atoms. The number of H-pyrrole nitrogens is 1. The third-order valence-corrected chi connectivity index (χ3v) is 9.47. The predicted octanol–water partition coefficient (Wildman–Crippen LogP) is 5.54. The highest BCUT2D eigenvalue weighted by atomic mass is 32.2. The van der Waals surface area contributed by atoms with E-state index < -0.39 is 20.0 Å². The van der Waals surface area contributed by atoms with Crippen molar-refractivity contribution in [3.05, 3.63) is 83.0 Å². The van der Waals surface area contributed by atoms with E-state index in [0.29, 0.717) is 29.1 Å². The van der Waals surface area contributed by atoms with Crippen molar-refractivity contribution in [1.82, 2.24) is 4.98 Å². The fraction of sp³-hybridized carbons (Fsp3) is 0.250. The summed E-state index contributed by atoms with van der Waals surface area (Å²) < 4.78 is 59.3. The maximum Gasteiger partial charge on any atom is 0.264 e. The van der Waals surface area contributed by atoms with Crippen molar-refractivity contribution in [3.8, 4) is 0 Å². The number of aromatic amines is 1. The zero-order valence-corrected chi connectivity index (χ0v) is 23.2. The van der Waals surface area contributed by atoms with Crippen LogP contribution in [0.1, 0.15) is 47.4 Å². The second-order valence-corrected chi connectivity index (χ2v) is 14.0. The minimum absolute atomic E-state index is 0.154. The molecule has 0 fully saturated rings. The van der Waals surface area contributed by atoms with Crippen LogP contribution in [0.25, 0.3) is 10.9 Å². The molecule has 3 aromatic carbocycles. The number of sulfonamides is 2. The number of rotatable bonds is 6. The number of nitrogens with one attached hydrogen (secondary N) is 3. The lowest BCUT2D eigenvalue weighted by Crippen LogP contribution is -2.26. The van der Waals surface area contributed by atoms with Crippen molar-refractivity contribution in [1.29, 1.82) is 0 Å². The summed E-state index contributed by atoms with van der Waals surface area (Å²) in [6, 6.07) is 16.1. The minimum Gasteiger partial charge on any atom is -0.357 e. The number of carbonyl (C=O) groups is 1. The predicted molar refractivity (Wildman–Crippen MR) is 149 cm³/mol. The van der Waals surface area contributed by atoms with Gasteiger partial charge < -0.3 is 4.98 Å². The Balaban J connectivity index is 1.70. The Hall–Kier alpha value is -3.63. The molecule has 0 radical (unpaired) electrons. The molecule has 10 heteroatoms. The third kappa shape index (κ3) is 4.93. The molecular formula is C28H29N3O5S2. The van der Waals surface area contributed by atoms with E-state index in [1.165, 1.54) is 6.07 Å². The van der Waals surface area contributed by atoms with Crippen LogP contribution in [0.2, 0.25) is 0 Å². The number of fused-ring (bicyclic) bond motifs is 3. The first-order valence-corrected chi connectivity index (χ1v) is 15.1. The molecule has 0 unspecified atom stereocenters. The number of aryl methyl sites for hydroxylation is 2. The maximum atomic E-state index is 13.7. The number of hydrogen-bond acceptors (Lipinski definition) is 5. The van der Waals surface area contributed by atoms with Crippen LogP contribution in [0.5, 0.6) is 0 Å². The zero-order valence-electron chi connectivity index (χ0n) is 21.5. The summed E-state index contributed by atoms with van der Waals surface area (Å²) in [5.41, 5.74) is 3.44. The quantitative estimate of drug-likeness (QED) is 0.290. The van der Waals surface area contributed by atoms with Gasteiger partial charge in [-0.1, -0.05) is 49.2 Å². The fourth-order valence-electron chi connectivity index (χ4n) is 4.84. The first kappa shape index (κ1) is 26.0. The Kier molecular flexibility index (Phi) is 6.15. The topological polar surface area (TPSA) is 125 Å². The summed E-state index contributed by atoms with van der Waals surface area (Å²) in [7, 11) is -8.44. The lowest BCUT2D eigenvalue weighted by molar-refractivity contribution is 0.0913. The number of carbonyl (C=O) groups excluding carboxylic acids is 1. The van der Waals surface area contributed by atoms with E-state index in [1.807, 2.05) is 27.7 Å². The largest absolute Gasteiger partial charge is 0.357 e. The highest BCUT2D eigenvalue weighted by molar-refractivity contribution is 7.93. The molecule has 4 aromatic rings. The van der Waals surface area contributed by atoms with Crippen molar-refractivity contribution in [2.24, 2.45) is 5.41 Å². The van der Waals surface area contributed by atoms with E-state index in [2.05, 4.69) is 14.4 Å². The smallest absolute Gasteiger partial charge is 0.264 e. The van der Waals surface area contributed by atoms with Crippen LogP contribution in [0.15, 0.2) is 70.5 Å². The summed E-state index contributed by atoms with van der Waals surface area (Å²) >= 11 is 0. The molecule has 0 atom stereocenters. The Morgan fingerprint density at radius 2 is 1.29 bits per heavy atom. The third-order valence-electron chi connectivity index (χ3n) is 6.70. The van der Waals surface area contributed by atoms with E-state index >= 15 is 0 Å². The van der Waals surface area contributed by atoms with Crippen LogP contribution in [0.3, 0.4) is 0 Å². The molecule has 1 aliphatic carbocycles. The zero-order chi connectivity index (χ0) is 27.5. The lowest BCUT2D eigenvalue weighted by atomic mass is 9.76. The van der Waals surface area contributed by atoms with Gasteiger partial charge in [-0.2, -0.15) is 0 Å². The van der Waals surface area contributed by atoms with E-state index in [-0.39, 0.29) is 38.3 Å². The standard InChI is InChI=1S/C28H29N3O5S2/c1-17-5-9-19(10-6-17)30-37(33,34)21-13-22-26-23(15-28(3,4)16-24(26)32)29-27(22)25(14-21)38(35,36)31-20-11-7-18(2)8-12-20/h5-14,29-31H,15-16H2,1-4H3. The molecule has 0 amide bonds. The molecular weight excluding hydrogens is 522 g/mol. The summed E-state index contributed by atoms with van der Waals surface area (Å²) in [4.78, 5) is 15.8. The van der Waals surface area contributed by atoms with Crippen LogP contribution in [0, 0.1) is 19.3 Å². The average Bonchev–Trinajstić information content (AvgIpc) is 3.18. The molecule has 38 heavy (non-hydrogen) atoms. The molecule has 1 aromatic heterocycles. The van der Waals surface area contributed by atoms with Gasteiger partial charge in [0.05, 0.1) is 10.4 Å². The number of anilines is 2. The van der Waals surface area contributed by atoms with Crippen molar-refractivity contribution >= 4 is 48.1 Å². The molecule has 0 saturated heterocycles. The van der Waals surface area contributed by atoms with Gasteiger partial charge in [-0.15, -0.1) is 0 Å². The molecule has 8 nitrogen and oxygen atoms in total. The van der Waals surface area contributed by atoms with Crippen LogP contribution >= 0.6 is 0 Å². The van der Waals surface area contributed by atoms with E-state index in [1.54, 1.807) is 48.5 Å². The molecule has 0 spiro atoms. The van der Waals surface area contributed by atoms with Crippen molar-refractivity contribution in [3.63, 3.8) is 0 Å². The van der Waals surface area contributed by atoms with Gasteiger partial charge >= 0.3 is 0 Å². The summed E-state index contributed by atoms with van der Waals surface area (Å²) in [5.74, 6) is -0.154. The molecule has 3 N–H and O–H groups in total. The molecule has 1 heterocycles. The number of aromatic nitrogens is 1. The Morgan fingerprint density at radius 3 is 1.84 bits per heavy atom. The van der Waals surface area contributed by atoms with Crippen LogP contribution in [-0.4, -0.2) is 27.6 Å². The van der Waals surface area contributed by atoms with Gasteiger partial charge in [-0.05, 0) is 62.1 Å². The molecule has 5 rings (SSSR count). The second-order valence-electron chi connectivity index (χ2n) is 10.7. The molecule has 1 aliphatic rings. The molecule has 0 saturated carbocycles. The normalized spacial score (nSPS) is 15.3. The monoisotopic (exact) mass is 551 g/mol. The van der Waals surface area contributed by atoms with Gasteiger partial charge in [-0.3, -0.25) is 14.2 Å². The van der Waals surface area contributed by atoms with Gasteiger partial charge in [0.2, 0.25) is 0 Å². The fourth-order valence-corrected chi connectivity index (χ4v) is 7.29. The SMILES string of the molecule is Cc1ccc(NS(=O)(=O)c2cc(S(=O)(=O)Nc3ccc(C)cc3)c3[nH]c4c(c3c2)C(=O)CC(C)(C)C4)cc1. The van der Waals surface area contributed by atoms with Gasteiger partial charge in [-0.25, -0.2) is 16.8 Å². The van der Waals surface area contributed by atoms with Crippen molar-refractivity contribution in [2.45, 2.75) is 50.3 Å². The second kappa shape index (κ2) is 8.99. The van der Waals surface area contributed by atoms with E-state index in [9.17, 15) is 21.6 Å². The average molecular weight is 552 g/mol. The first-order valence-electron chi connectivity index (χ1n) is 12.1. The van der Waals surface area contributed by atoms with Gasteiger partial charge in [0.15, 0.2) is 5.78 Å². The van der Waals surface area contributed by atoms with Crippen LogP contribution in [0.4, 0.5) is 11.4 Å². The number of Topliss-reactive ketones (excluding diaryl/α,β-unsaturated/α-hetero) is 1. The number of hydrogen-bond donors (Lipinski definition) is 3. The Labute approximate surface area is 222 Å². The maximum absolute atomic E-state index is 13.7. The van der Waals surface area contributed by atoms with Gasteiger partial charge in [0.25, 0.3) is 20.0 Å². The van der Waals surface area contributed by atoms with Gasteiger partial charge in [0.1, 0.15) is 4.90 Å². The summed E-state index contributed by atoms with van der Waals surface area (Å²) in [6.07, 6.45) is 0.798. The molecule has 0 aliphatic heterocycles. The van der Waals surface area contributed by atoms with Crippen LogP contribution < -0.4 is 9.44 Å². The minimum atomic E-state index is -4.24. The summed E-state index contributed by atoms with van der Waals surface area (Å²) in [6.45, 7) is 7.71. The van der Waals surface area contributed by atoms with Crippen molar-refractivity contribution in [2.75, 3.05) is 9.44 Å². The highest BCUT2D eigenvalue weighted by Crippen LogP contribution is 2.40. The Bertz CT molecular complexity index is 1790. The molecule has 198 valence electrons. The first-order chi connectivity index (χ1) is 17.7. The van der Waals surface area contributed by atoms with Crippen LogP contribution in [-0.2, 0) is 26.5 Å². The van der Waals surface area contributed by atoms with E-state index in [0.717, 1.165) is 17.2 Å². The van der Waals surface area contributed by atoms with Gasteiger partial charge in [0, 0.05) is 34.4 Å². The Morgan fingerprint density at radius 1 is 0.763 bits per heavy atom. The van der Waals surface area contributed by atoms with Crippen molar-refractivity contribution < 1.29 is 21.6 Å². The highest BCUT2D eigenvalue weighted by Gasteiger charge is 2.36. The number of ketones is 1.